The molecule has 0 saturated heterocycles. The second-order valence-corrected chi connectivity index (χ2v) is 4.15. The second-order valence-electron chi connectivity index (χ2n) is 4.15. The highest BCUT2D eigenvalue weighted by Crippen LogP contribution is 2.23. The predicted molar refractivity (Wildman–Crippen MR) is 73.3 cm³/mol. The minimum absolute atomic E-state index is 0.0812. The smallest absolute Gasteiger partial charge is 0.345 e. The van der Waals surface area contributed by atoms with E-state index in [0.717, 1.165) is 5.56 Å². The fourth-order valence-electron chi connectivity index (χ4n) is 1.78. The van der Waals surface area contributed by atoms with Crippen LogP contribution in [0.2, 0.25) is 0 Å². The lowest BCUT2D eigenvalue weighted by Crippen LogP contribution is -2.07. The first kappa shape index (κ1) is 12.2. The number of ether oxygens (including phenoxy) is 1. The van der Waals surface area contributed by atoms with Gasteiger partial charge in [0.05, 0.1) is 11.6 Å². The average Bonchev–Trinajstić information content (AvgIpc) is 2.97. The zero-order valence-corrected chi connectivity index (χ0v) is 10.5. The normalized spacial score (nSPS) is 10.2. The molecule has 98 valence electrons. The maximum atomic E-state index is 11.8. The first-order valence-electron chi connectivity index (χ1n) is 6.12. The minimum atomic E-state index is -0.471. The van der Waals surface area contributed by atoms with E-state index in [1.165, 1.54) is 0 Å². The summed E-state index contributed by atoms with van der Waals surface area (Å²) in [5, 5.41) is 3.88. The fraction of sp³-hybridized carbons (Fsp3) is 0. The molecule has 0 aliphatic carbocycles. The molecule has 0 amide bonds. The molecule has 4 heteroatoms. The summed E-state index contributed by atoms with van der Waals surface area (Å²) >= 11 is 0. The third-order valence-electron chi connectivity index (χ3n) is 2.76. The van der Waals surface area contributed by atoms with Gasteiger partial charge in [-0.1, -0.05) is 53.7 Å². The van der Waals surface area contributed by atoms with Crippen LogP contribution in [0, 0.1) is 0 Å². The molecule has 4 nitrogen and oxygen atoms in total. The van der Waals surface area contributed by atoms with Crippen molar-refractivity contribution in [2.24, 2.45) is 0 Å². The van der Waals surface area contributed by atoms with Crippen molar-refractivity contribution in [3.63, 3.8) is 0 Å². The molecule has 3 aromatic rings. The number of hydrogen-bond acceptors (Lipinski definition) is 4. The lowest BCUT2D eigenvalue weighted by molar-refractivity contribution is 0.0680. The van der Waals surface area contributed by atoms with E-state index in [-0.39, 0.29) is 5.95 Å². The Morgan fingerprint density at radius 2 is 1.60 bits per heavy atom. The molecule has 0 aliphatic rings. The van der Waals surface area contributed by atoms with Gasteiger partial charge >= 0.3 is 11.9 Å². The van der Waals surface area contributed by atoms with Crippen molar-refractivity contribution >= 4 is 5.97 Å². The van der Waals surface area contributed by atoms with E-state index >= 15 is 0 Å². The molecule has 1 aromatic heterocycles. The molecule has 20 heavy (non-hydrogen) atoms. The van der Waals surface area contributed by atoms with Crippen LogP contribution in [-0.2, 0) is 0 Å². The summed E-state index contributed by atoms with van der Waals surface area (Å²) < 4.78 is 10.2. The minimum Gasteiger partial charge on any atom is -0.387 e. The van der Waals surface area contributed by atoms with E-state index in [2.05, 4.69) is 5.16 Å². The van der Waals surface area contributed by atoms with Crippen LogP contribution in [0.3, 0.4) is 0 Å². The van der Waals surface area contributed by atoms with Crippen molar-refractivity contribution < 1.29 is 14.1 Å². The number of carbonyl (C=O) groups excluding carboxylic acids is 1. The SMILES string of the molecule is O=C(Oc1cc(-c2ccccc2)no1)c1ccccc1. The van der Waals surface area contributed by atoms with Crippen LogP contribution in [0.4, 0.5) is 0 Å². The first-order chi connectivity index (χ1) is 9.83. The number of aromatic nitrogens is 1. The van der Waals surface area contributed by atoms with E-state index in [1.807, 2.05) is 36.4 Å². The molecule has 2 aromatic carbocycles. The lowest BCUT2D eigenvalue weighted by Gasteiger charge is -1.98. The summed E-state index contributed by atoms with van der Waals surface area (Å²) in [6.45, 7) is 0. The predicted octanol–water partition coefficient (Wildman–Crippen LogP) is 3.56. The third kappa shape index (κ3) is 2.59. The molecular formula is C16H11NO3. The van der Waals surface area contributed by atoms with Crippen molar-refractivity contribution in [1.82, 2.24) is 5.16 Å². The van der Waals surface area contributed by atoms with Gasteiger partial charge in [0, 0.05) is 5.56 Å². The van der Waals surface area contributed by atoms with E-state index in [0.29, 0.717) is 11.3 Å². The highest BCUT2D eigenvalue weighted by Gasteiger charge is 2.12. The van der Waals surface area contributed by atoms with Gasteiger partial charge in [-0.15, -0.1) is 0 Å². The molecule has 0 fully saturated rings. The van der Waals surface area contributed by atoms with Gasteiger partial charge in [-0.2, -0.15) is 0 Å². The van der Waals surface area contributed by atoms with Crippen LogP contribution in [0.5, 0.6) is 5.95 Å². The Kier molecular flexibility index (Phi) is 3.29. The van der Waals surface area contributed by atoms with Crippen molar-refractivity contribution in [2.75, 3.05) is 0 Å². The molecule has 0 aliphatic heterocycles. The average molecular weight is 265 g/mol. The third-order valence-corrected chi connectivity index (χ3v) is 2.76. The van der Waals surface area contributed by atoms with Crippen LogP contribution < -0.4 is 4.74 Å². The van der Waals surface area contributed by atoms with Gasteiger partial charge in [-0.25, -0.2) is 4.79 Å². The molecule has 3 rings (SSSR count). The fourth-order valence-corrected chi connectivity index (χ4v) is 1.78. The summed E-state index contributed by atoms with van der Waals surface area (Å²) in [7, 11) is 0. The molecule has 0 bridgehead atoms. The van der Waals surface area contributed by atoms with Gasteiger partial charge in [-0.05, 0) is 12.1 Å². The zero-order valence-electron chi connectivity index (χ0n) is 10.5. The Hall–Kier alpha value is -2.88. The number of hydrogen-bond donors (Lipinski definition) is 0. The molecular weight excluding hydrogens is 254 g/mol. The summed E-state index contributed by atoms with van der Waals surface area (Å²) in [4.78, 5) is 11.8. The standard InChI is InChI=1S/C16H11NO3/c18-16(13-9-5-2-6-10-13)19-15-11-14(17-20-15)12-7-3-1-4-8-12/h1-11H. The molecule has 0 radical (unpaired) electrons. The second kappa shape index (κ2) is 5.40. The largest absolute Gasteiger partial charge is 0.387 e. The lowest BCUT2D eigenvalue weighted by atomic mass is 10.2. The highest BCUT2D eigenvalue weighted by atomic mass is 16.6. The maximum absolute atomic E-state index is 11.8. The molecule has 1 heterocycles. The van der Waals surface area contributed by atoms with Crippen molar-refractivity contribution in [2.45, 2.75) is 0 Å². The van der Waals surface area contributed by atoms with Crippen LogP contribution in [0.1, 0.15) is 10.4 Å². The van der Waals surface area contributed by atoms with E-state index < -0.39 is 5.97 Å². The van der Waals surface area contributed by atoms with Gasteiger partial charge < -0.3 is 9.26 Å². The van der Waals surface area contributed by atoms with E-state index in [9.17, 15) is 4.79 Å². The topological polar surface area (TPSA) is 52.3 Å². The maximum Gasteiger partial charge on any atom is 0.345 e. The quantitative estimate of drug-likeness (QED) is 0.679. The van der Waals surface area contributed by atoms with Crippen molar-refractivity contribution in [3.8, 4) is 17.2 Å². The molecule has 0 atom stereocenters. The zero-order chi connectivity index (χ0) is 13.8. The highest BCUT2D eigenvalue weighted by molar-refractivity contribution is 5.90. The molecule has 0 saturated carbocycles. The van der Waals surface area contributed by atoms with Crippen molar-refractivity contribution in [1.29, 1.82) is 0 Å². The van der Waals surface area contributed by atoms with Crippen LogP contribution in [0.25, 0.3) is 11.3 Å². The van der Waals surface area contributed by atoms with Gasteiger partial charge in [0.25, 0.3) is 0 Å². The molecule has 0 spiro atoms. The Balaban J connectivity index is 1.77. The van der Waals surface area contributed by atoms with Gasteiger partial charge in [0.15, 0.2) is 0 Å². The summed E-state index contributed by atoms with van der Waals surface area (Å²) in [5.74, 6) is -0.390. The number of nitrogens with zero attached hydrogens (tertiary/aromatic N) is 1. The van der Waals surface area contributed by atoms with Crippen LogP contribution in [0.15, 0.2) is 71.3 Å². The monoisotopic (exact) mass is 265 g/mol. The summed E-state index contributed by atoms with van der Waals surface area (Å²) in [6.07, 6.45) is 0. The van der Waals surface area contributed by atoms with E-state index in [1.54, 1.807) is 30.3 Å². The van der Waals surface area contributed by atoms with Gasteiger partial charge in [0.2, 0.25) is 0 Å². The van der Waals surface area contributed by atoms with Crippen LogP contribution in [-0.4, -0.2) is 11.1 Å². The Bertz CT molecular complexity index is 705. The van der Waals surface area contributed by atoms with Gasteiger partial charge in [0.1, 0.15) is 5.69 Å². The number of carbonyl (C=O) groups is 1. The Labute approximate surface area is 115 Å². The number of benzene rings is 2. The summed E-state index contributed by atoms with van der Waals surface area (Å²) in [6, 6.07) is 19.8. The molecule has 0 N–H and O–H groups in total. The van der Waals surface area contributed by atoms with Crippen LogP contribution >= 0.6 is 0 Å². The Morgan fingerprint density at radius 3 is 2.30 bits per heavy atom. The summed E-state index contributed by atoms with van der Waals surface area (Å²) in [5.41, 5.74) is 1.99. The van der Waals surface area contributed by atoms with E-state index in [4.69, 9.17) is 9.26 Å². The number of rotatable bonds is 3. The van der Waals surface area contributed by atoms with Crippen molar-refractivity contribution in [3.05, 3.63) is 72.3 Å². The first-order valence-corrected chi connectivity index (χ1v) is 6.12. The number of esters is 1. The van der Waals surface area contributed by atoms with Gasteiger partial charge in [-0.3, -0.25) is 0 Å². The molecule has 0 unspecified atom stereocenters. The Morgan fingerprint density at radius 1 is 0.950 bits per heavy atom.